The average molecular weight is 352 g/mol. The summed E-state index contributed by atoms with van der Waals surface area (Å²) in [5.74, 6) is -0.246. The van der Waals surface area contributed by atoms with Gasteiger partial charge in [-0.1, -0.05) is 30.3 Å². The van der Waals surface area contributed by atoms with Gasteiger partial charge in [0.1, 0.15) is 17.4 Å². The summed E-state index contributed by atoms with van der Waals surface area (Å²) in [6.07, 6.45) is -0.154. The highest BCUT2D eigenvalue weighted by Crippen LogP contribution is 2.25. The molecule has 25 heavy (non-hydrogen) atoms. The van der Waals surface area contributed by atoms with E-state index in [1.54, 1.807) is 5.38 Å². The maximum Gasteiger partial charge on any atom is 0.123 e. The Bertz CT molecular complexity index is 864. The fraction of sp³-hybridized carbons (Fsp3) is 0.200. The van der Waals surface area contributed by atoms with Crippen molar-refractivity contribution in [2.75, 3.05) is 0 Å². The summed E-state index contributed by atoms with van der Waals surface area (Å²) < 4.78 is 5.86. The third-order valence-electron chi connectivity index (χ3n) is 3.68. The van der Waals surface area contributed by atoms with Crippen LogP contribution in [0.25, 0.3) is 10.6 Å². The summed E-state index contributed by atoms with van der Waals surface area (Å²) >= 11 is 1.43. The number of rotatable bonds is 6. The van der Waals surface area contributed by atoms with Crippen molar-refractivity contribution in [3.05, 3.63) is 70.2 Å². The second-order valence-corrected chi connectivity index (χ2v) is 6.86. The molecule has 0 aliphatic carbocycles. The standard InChI is InChI=1S/C20H19NO3S/c1-13-7-14(2)9-18(8-13)24-11-15-3-5-16(6-4-15)20-21-17(12-25-20)10-19(22)23/h3-9,12H,10-11H2,1-2H3,(H,22,23)/p-1. The fourth-order valence-corrected chi connectivity index (χ4v) is 3.42. The number of carboxylic acid groups (broad SMARTS) is 1. The lowest BCUT2D eigenvalue weighted by Crippen LogP contribution is -2.24. The number of carboxylic acids is 1. The van der Waals surface area contributed by atoms with Crippen LogP contribution in [0.3, 0.4) is 0 Å². The van der Waals surface area contributed by atoms with Crippen molar-refractivity contribution in [1.82, 2.24) is 4.98 Å². The normalized spacial score (nSPS) is 10.6. The van der Waals surface area contributed by atoms with E-state index in [2.05, 4.69) is 24.9 Å². The first-order valence-corrected chi connectivity index (χ1v) is 8.82. The van der Waals surface area contributed by atoms with Crippen molar-refractivity contribution in [3.8, 4) is 16.3 Å². The van der Waals surface area contributed by atoms with Gasteiger partial charge in [0.15, 0.2) is 0 Å². The lowest BCUT2D eigenvalue weighted by Gasteiger charge is -2.08. The maximum absolute atomic E-state index is 10.6. The smallest absolute Gasteiger partial charge is 0.123 e. The number of ether oxygens (including phenoxy) is 1. The molecule has 0 atom stereocenters. The van der Waals surface area contributed by atoms with E-state index < -0.39 is 5.97 Å². The number of aliphatic carboxylic acids is 1. The van der Waals surface area contributed by atoms with Crippen LogP contribution in [0.1, 0.15) is 22.4 Å². The molecule has 0 aliphatic heterocycles. The maximum atomic E-state index is 10.6. The number of thiazole rings is 1. The van der Waals surface area contributed by atoms with E-state index in [1.165, 1.54) is 22.5 Å². The van der Waals surface area contributed by atoms with Gasteiger partial charge >= 0.3 is 0 Å². The Kier molecular flexibility index (Phi) is 5.14. The second-order valence-electron chi connectivity index (χ2n) is 6.00. The minimum absolute atomic E-state index is 0.154. The van der Waals surface area contributed by atoms with Gasteiger partial charge in [-0.05, 0) is 42.7 Å². The zero-order chi connectivity index (χ0) is 17.8. The molecule has 0 radical (unpaired) electrons. The van der Waals surface area contributed by atoms with E-state index in [0.717, 1.165) is 21.9 Å². The summed E-state index contributed by atoms with van der Waals surface area (Å²) in [6.45, 7) is 4.60. The summed E-state index contributed by atoms with van der Waals surface area (Å²) in [5, 5.41) is 13.2. The van der Waals surface area contributed by atoms with Crippen LogP contribution in [0.4, 0.5) is 0 Å². The van der Waals surface area contributed by atoms with Crippen LogP contribution in [0.5, 0.6) is 5.75 Å². The molecule has 0 amide bonds. The quantitative estimate of drug-likeness (QED) is 0.683. The SMILES string of the molecule is Cc1cc(C)cc(OCc2ccc(-c3nc(CC(=O)[O-])cs3)cc2)c1. The van der Waals surface area contributed by atoms with Gasteiger partial charge in [-0.25, -0.2) is 4.98 Å². The lowest BCUT2D eigenvalue weighted by molar-refractivity contribution is -0.304. The predicted octanol–water partition coefficient (Wildman–Crippen LogP) is 3.30. The molecule has 1 heterocycles. The molecule has 2 aromatic carbocycles. The summed E-state index contributed by atoms with van der Waals surface area (Å²) in [5.41, 5.74) is 4.92. The van der Waals surface area contributed by atoms with Crippen LogP contribution in [0.2, 0.25) is 0 Å². The van der Waals surface area contributed by atoms with E-state index in [0.29, 0.717) is 12.3 Å². The number of carbonyl (C=O) groups is 1. The van der Waals surface area contributed by atoms with Crippen LogP contribution < -0.4 is 9.84 Å². The van der Waals surface area contributed by atoms with Gasteiger partial charge in [0.2, 0.25) is 0 Å². The van der Waals surface area contributed by atoms with E-state index in [4.69, 9.17) is 4.74 Å². The van der Waals surface area contributed by atoms with Gasteiger partial charge in [-0.3, -0.25) is 0 Å². The van der Waals surface area contributed by atoms with Gasteiger partial charge in [0, 0.05) is 23.3 Å². The predicted molar refractivity (Wildman–Crippen MR) is 96.5 cm³/mol. The minimum atomic E-state index is -1.12. The van der Waals surface area contributed by atoms with Gasteiger partial charge in [0.25, 0.3) is 0 Å². The number of aryl methyl sites for hydroxylation is 2. The molecule has 0 fully saturated rings. The number of carbonyl (C=O) groups excluding carboxylic acids is 1. The van der Waals surface area contributed by atoms with Crippen molar-refractivity contribution in [3.63, 3.8) is 0 Å². The van der Waals surface area contributed by atoms with Gasteiger partial charge in [0.05, 0.1) is 5.69 Å². The highest BCUT2D eigenvalue weighted by Gasteiger charge is 2.06. The Morgan fingerprint density at radius 1 is 1.12 bits per heavy atom. The number of aromatic nitrogens is 1. The first kappa shape index (κ1) is 17.2. The minimum Gasteiger partial charge on any atom is -0.550 e. The molecule has 5 heteroatoms. The Hall–Kier alpha value is -2.66. The number of benzene rings is 2. The van der Waals surface area contributed by atoms with E-state index >= 15 is 0 Å². The summed E-state index contributed by atoms with van der Waals surface area (Å²) in [7, 11) is 0. The molecule has 0 saturated heterocycles. The Balaban J connectivity index is 1.65. The van der Waals surface area contributed by atoms with E-state index in [9.17, 15) is 9.90 Å². The molecule has 0 bridgehead atoms. The molecule has 0 saturated carbocycles. The van der Waals surface area contributed by atoms with Crippen LogP contribution in [-0.4, -0.2) is 11.0 Å². The first-order chi connectivity index (χ1) is 12.0. The third-order valence-corrected chi connectivity index (χ3v) is 4.62. The molecule has 3 aromatic rings. The molecule has 4 nitrogen and oxygen atoms in total. The monoisotopic (exact) mass is 352 g/mol. The van der Waals surface area contributed by atoms with Crippen molar-refractivity contribution in [1.29, 1.82) is 0 Å². The van der Waals surface area contributed by atoms with Crippen LogP contribution in [-0.2, 0) is 17.8 Å². The topological polar surface area (TPSA) is 62.2 Å². The molecular weight excluding hydrogens is 334 g/mol. The van der Waals surface area contributed by atoms with E-state index in [1.807, 2.05) is 36.4 Å². The zero-order valence-electron chi connectivity index (χ0n) is 14.1. The number of nitrogens with zero attached hydrogens (tertiary/aromatic N) is 1. The molecular formula is C20H18NO3S-. The van der Waals surface area contributed by atoms with Gasteiger partial charge < -0.3 is 14.6 Å². The number of hydrogen-bond donors (Lipinski definition) is 0. The largest absolute Gasteiger partial charge is 0.550 e. The van der Waals surface area contributed by atoms with Crippen molar-refractivity contribution in [2.45, 2.75) is 26.9 Å². The summed E-state index contributed by atoms with van der Waals surface area (Å²) in [4.78, 5) is 15.0. The Labute approximate surface area is 150 Å². The van der Waals surface area contributed by atoms with Crippen LogP contribution in [0.15, 0.2) is 47.8 Å². The van der Waals surface area contributed by atoms with Crippen molar-refractivity contribution >= 4 is 17.3 Å². The third kappa shape index (κ3) is 4.67. The van der Waals surface area contributed by atoms with Crippen molar-refractivity contribution < 1.29 is 14.6 Å². The summed E-state index contributed by atoms with van der Waals surface area (Å²) in [6, 6.07) is 14.1. The number of hydrogen-bond acceptors (Lipinski definition) is 5. The highest BCUT2D eigenvalue weighted by atomic mass is 32.1. The molecule has 3 rings (SSSR count). The lowest BCUT2D eigenvalue weighted by atomic mass is 10.1. The highest BCUT2D eigenvalue weighted by molar-refractivity contribution is 7.13. The van der Waals surface area contributed by atoms with Gasteiger partial charge in [-0.15, -0.1) is 11.3 Å². The first-order valence-electron chi connectivity index (χ1n) is 7.94. The fourth-order valence-electron chi connectivity index (χ4n) is 2.60. The zero-order valence-corrected chi connectivity index (χ0v) is 14.9. The van der Waals surface area contributed by atoms with Crippen molar-refractivity contribution in [2.24, 2.45) is 0 Å². The van der Waals surface area contributed by atoms with Crippen LogP contribution in [0, 0.1) is 13.8 Å². The average Bonchev–Trinajstić information content (AvgIpc) is 3.00. The molecule has 0 spiro atoms. The van der Waals surface area contributed by atoms with Gasteiger partial charge in [-0.2, -0.15) is 0 Å². The molecule has 0 unspecified atom stereocenters. The Morgan fingerprint density at radius 2 is 1.80 bits per heavy atom. The molecule has 128 valence electrons. The van der Waals surface area contributed by atoms with E-state index in [-0.39, 0.29) is 6.42 Å². The Morgan fingerprint density at radius 3 is 2.44 bits per heavy atom. The van der Waals surface area contributed by atoms with Crippen LogP contribution >= 0.6 is 11.3 Å². The molecule has 0 aliphatic rings. The molecule has 1 aromatic heterocycles. The second kappa shape index (κ2) is 7.49. The molecule has 0 N–H and O–H groups in total.